The van der Waals surface area contributed by atoms with Gasteiger partial charge in [-0.2, -0.15) is 5.26 Å². The smallest absolute Gasteiger partial charge is 0.253 e. The minimum atomic E-state index is -0.551. The number of pyridine rings is 1. The van der Waals surface area contributed by atoms with E-state index in [1.807, 2.05) is 44.3 Å². The van der Waals surface area contributed by atoms with Crippen LogP contribution in [0.15, 0.2) is 59.4 Å². The topological polar surface area (TPSA) is 117 Å². The summed E-state index contributed by atoms with van der Waals surface area (Å²) in [5.74, 6) is -0.0938. The fourth-order valence-electron chi connectivity index (χ4n) is 9.50. The number of anilines is 5. The Kier molecular flexibility index (Phi) is 10.2. The first-order chi connectivity index (χ1) is 27.0. The van der Waals surface area contributed by atoms with Crippen molar-refractivity contribution < 1.29 is 14.0 Å². The van der Waals surface area contributed by atoms with E-state index >= 15 is 4.39 Å². The predicted octanol–water partition coefficient (Wildman–Crippen LogP) is 6.15. The van der Waals surface area contributed by atoms with Crippen LogP contribution in [0.3, 0.4) is 0 Å². The van der Waals surface area contributed by atoms with Crippen LogP contribution in [0.5, 0.6) is 0 Å². The third-order valence-electron chi connectivity index (χ3n) is 12.9. The second kappa shape index (κ2) is 15.3. The molecule has 4 aliphatic rings. The van der Waals surface area contributed by atoms with Gasteiger partial charge < -0.3 is 29.5 Å². The minimum absolute atomic E-state index is 0.0161. The number of aryl methyl sites for hydroxylation is 2. The van der Waals surface area contributed by atoms with Gasteiger partial charge in [-0.05, 0) is 131 Å². The average Bonchev–Trinajstić information content (AvgIpc) is 3.21. The van der Waals surface area contributed by atoms with E-state index in [-0.39, 0.29) is 29.6 Å². The zero-order valence-corrected chi connectivity index (χ0v) is 32.8. The van der Waals surface area contributed by atoms with Crippen molar-refractivity contribution in [2.24, 2.45) is 13.0 Å². The van der Waals surface area contributed by atoms with Gasteiger partial charge in [-0.1, -0.05) is 0 Å². The molecule has 0 saturated carbocycles. The second-order valence-corrected chi connectivity index (χ2v) is 16.2. The maximum Gasteiger partial charge on any atom is 0.253 e. The number of carbonyl (C=O) groups is 2. The Morgan fingerprint density at radius 1 is 0.839 bits per heavy atom. The molecule has 0 spiro atoms. The number of rotatable bonds is 7. The van der Waals surface area contributed by atoms with Gasteiger partial charge in [-0.25, -0.2) is 4.39 Å². The van der Waals surface area contributed by atoms with Crippen LogP contribution in [-0.2, 0) is 16.6 Å². The molecule has 56 heavy (non-hydrogen) atoms. The number of nitrogens with one attached hydrogen (secondary N) is 2. The molecule has 3 saturated heterocycles. The summed E-state index contributed by atoms with van der Waals surface area (Å²) in [6.45, 7) is 9.40. The van der Waals surface area contributed by atoms with Crippen molar-refractivity contribution in [3.05, 3.63) is 87.5 Å². The zero-order chi connectivity index (χ0) is 39.2. The molecule has 0 radical (unpaired) electrons. The lowest BCUT2D eigenvalue weighted by Crippen LogP contribution is -2.47. The highest BCUT2D eigenvalue weighted by Gasteiger charge is 2.33. The average molecular weight is 759 g/mol. The van der Waals surface area contributed by atoms with Crippen molar-refractivity contribution >= 4 is 51.2 Å². The fourth-order valence-corrected chi connectivity index (χ4v) is 9.50. The highest BCUT2D eigenvalue weighted by molar-refractivity contribution is 6.01. The normalized spacial score (nSPS) is 20.5. The quantitative estimate of drug-likeness (QED) is 0.214. The van der Waals surface area contributed by atoms with E-state index in [0.29, 0.717) is 46.8 Å². The van der Waals surface area contributed by atoms with E-state index in [0.717, 1.165) is 92.9 Å². The highest BCUT2D eigenvalue weighted by Crippen LogP contribution is 2.43. The monoisotopic (exact) mass is 758 g/mol. The lowest BCUT2D eigenvalue weighted by molar-refractivity contribution is -0.133. The van der Waals surface area contributed by atoms with Crippen LogP contribution < -0.4 is 30.9 Å². The van der Waals surface area contributed by atoms with Crippen molar-refractivity contribution in [2.45, 2.75) is 70.4 Å². The fraction of sp³-hybridized carbons (Fsp3) is 0.455. The Balaban J connectivity index is 0.942. The molecule has 11 nitrogen and oxygen atoms in total. The molecule has 2 N–H and O–H groups in total. The summed E-state index contributed by atoms with van der Waals surface area (Å²) >= 11 is 0. The van der Waals surface area contributed by atoms with Crippen LogP contribution in [0.1, 0.15) is 68.1 Å². The number of imide groups is 1. The molecule has 0 aliphatic carbocycles. The SMILES string of the molecule is Cc1cc2c(N3CCN(C)c4ccc(C#N)cc43)cc(C3CCN(C(C)C4CCN(c5ccc(NC6CCC(=O)NC6=O)cc5F)CC4)CC3)cc2n(C)c1=O. The molecule has 2 unspecified atom stereocenters. The standard InChI is InChI=1S/C44H51FN8O3/c1-27-21-34-39(50(4)44(27)56)23-32(24-40(34)53-20-19-49(3)38-8-5-29(26-46)22-41(38)53)31-13-15-51(16-14-31)28(2)30-11-17-52(18-12-30)37-9-6-33(25-35(37)45)47-36-7-10-42(54)48-43(36)55/h5-6,8-9,21-25,28,30-31,36,47H,7,10-20H2,1-4H3,(H,48,54,55). The number of likely N-dealkylation sites (N-methyl/N-ethyl adjacent to an activating group) is 1. The molecule has 1 aromatic heterocycles. The number of halogens is 1. The molecular weight excluding hydrogens is 708 g/mol. The first kappa shape index (κ1) is 37.5. The van der Waals surface area contributed by atoms with Crippen molar-refractivity contribution in [1.82, 2.24) is 14.8 Å². The Hall–Kier alpha value is -5.41. The van der Waals surface area contributed by atoms with Crippen LogP contribution in [0.2, 0.25) is 0 Å². The van der Waals surface area contributed by atoms with E-state index < -0.39 is 6.04 Å². The molecule has 4 aromatic rings. The van der Waals surface area contributed by atoms with Crippen LogP contribution in [0.25, 0.3) is 10.9 Å². The molecular formula is C44H51FN8O3. The second-order valence-electron chi connectivity index (χ2n) is 16.2. The van der Waals surface area contributed by atoms with Gasteiger partial charge in [-0.15, -0.1) is 0 Å². The van der Waals surface area contributed by atoms with Gasteiger partial charge >= 0.3 is 0 Å². The Labute approximate surface area is 327 Å². The number of fused-ring (bicyclic) bond motifs is 2. The number of likely N-dealkylation sites (tertiary alicyclic amines) is 1. The molecule has 3 aromatic carbocycles. The van der Waals surface area contributed by atoms with Crippen LogP contribution in [0, 0.1) is 30.0 Å². The van der Waals surface area contributed by atoms with Crippen LogP contribution in [0.4, 0.5) is 32.8 Å². The molecule has 5 heterocycles. The number of amides is 2. The largest absolute Gasteiger partial charge is 0.374 e. The van der Waals surface area contributed by atoms with Gasteiger partial charge in [0.1, 0.15) is 11.9 Å². The van der Waals surface area contributed by atoms with E-state index in [4.69, 9.17) is 0 Å². The van der Waals surface area contributed by atoms with Crippen molar-refractivity contribution in [3.63, 3.8) is 0 Å². The molecule has 4 aliphatic heterocycles. The number of hydrogen-bond acceptors (Lipinski definition) is 9. The number of carbonyl (C=O) groups excluding carboxylic acids is 2. The molecule has 2 atom stereocenters. The summed E-state index contributed by atoms with van der Waals surface area (Å²) in [4.78, 5) is 46.2. The Bertz CT molecular complexity index is 2280. The summed E-state index contributed by atoms with van der Waals surface area (Å²) in [5, 5.41) is 16.2. The van der Waals surface area contributed by atoms with Gasteiger partial charge in [0.15, 0.2) is 0 Å². The Morgan fingerprint density at radius 3 is 2.30 bits per heavy atom. The third kappa shape index (κ3) is 7.09. The van der Waals surface area contributed by atoms with Crippen LogP contribution in [-0.4, -0.2) is 79.7 Å². The first-order valence-corrected chi connectivity index (χ1v) is 20.0. The van der Waals surface area contributed by atoms with Crippen molar-refractivity contribution in [1.29, 1.82) is 5.26 Å². The lowest BCUT2D eigenvalue weighted by atomic mass is 9.84. The van der Waals surface area contributed by atoms with E-state index in [1.165, 1.54) is 11.6 Å². The summed E-state index contributed by atoms with van der Waals surface area (Å²) in [7, 11) is 3.96. The molecule has 3 fully saturated rings. The molecule has 0 bridgehead atoms. The molecule has 2 amide bonds. The van der Waals surface area contributed by atoms with Crippen LogP contribution >= 0.6 is 0 Å². The summed E-state index contributed by atoms with van der Waals surface area (Å²) in [6.07, 6.45) is 4.67. The molecule has 12 heteroatoms. The lowest BCUT2D eigenvalue weighted by Gasteiger charge is -2.43. The van der Waals surface area contributed by atoms with E-state index in [2.05, 4.69) is 62.4 Å². The van der Waals surface area contributed by atoms with Crippen molar-refractivity contribution in [2.75, 3.05) is 66.3 Å². The van der Waals surface area contributed by atoms with Gasteiger partial charge in [0, 0.05) is 69.4 Å². The first-order valence-electron chi connectivity index (χ1n) is 20.0. The number of hydrogen-bond donors (Lipinski definition) is 2. The zero-order valence-electron chi connectivity index (χ0n) is 32.8. The summed E-state index contributed by atoms with van der Waals surface area (Å²) in [6, 6.07) is 19.7. The maximum absolute atomic E-state index is 15.4. The number of nitrogens with zero attached hydrogens (tertiary/aromatic N) is 6. The maximum atomic E-state index is 15.4. The summed E-state index contributed by atoms with van der Waals surface area (Å²) in [5.41, 5.74) is 7.84. The highest BCUT2D eigenvalue weighted by atomic mass is 19.1. The summed E-state index contributed by atoms with van der Waals surface area (Å²) < 4.78 is 17.2. The van der Waals surface area contributed by atoms with Gasteiger partial charge in [0.2, 0.25) is 11.8 Å². The van der Waals surface area contributed by atoms with Crippen molar-refractivity contribution in [3.8, 4) is 6.07 Å². The number of piperidine rings is 3. The van der Waals surface area contributed by atoms with Gasteiger partial charge in [-0.3, -0.25) is 19.7 Å². The Morgan fingerprint density at radius 2 is 1.59 bits per heavy atom. The molecule has 292 valence electrons. The van der Waals surface area contributed by atoms with Gasteiger partial charge in [0.05, 0.1) is 39.9 Å². The number of aromatic nitrogens is 1. The third-order valence-corrected chi connectivity index (χ3v) is 12.9. The van der Waals surface area contributed by atoms with Gasteiger partial charge in [0.25, 0.3) is 5.56 Å². The predicted molar refractivity (Wildman–Crippen MR) is 220 cm³/mol. The number of benzene rings is 3. The van der Waals surface area contributed by atoms with E-state index in [1.54, 1.807) is 10.6 Å². The van der Waals surface area contributed by atoms with E-state index in [9.17, 15) is 19.6 Å². The minimum Gasteiger partial charge on any atom is -0.374 e. The number of nitriles is 1. The molecule has 8 rings (SSSR count).